The van der Waals surface area contributed by atoms with E-state index in [4.69, 9.17) is 197 Å². The molecule has 0 amide bonds. The van der Waals surface area contributed by atoms with Gasteiger partial charge in [0.15, 0.2) is 34.7 Å². The Hall–Kier alpha value is 4.93. The Labute approximate surface area is 234 Å². The van der Waals surface area contributed by atoms with Crippen LogP contribution in [0.1, 0.15) is 0 Å². The third kappa shape index (κ3) is 3.53. The second-order valence-corrected chi connectivity index (χ2v) is 15.9. The average Bonchev–Trinajstić information content (AvgIpc) is 2.43. The fourth-order valence-corrected chi connectivity index (χ4v) is 7.83. The van der Waals surface area contributed by atoms with Gasteiger partial charge < -0.3 is 0 Å². The van der Waals surface area contributed by atoms with Crippen molar-refractivity contribution in [3.63, 3.8) is 0 Å². The zero-order valence-corrected chi connectivity index (χ0v) is 23.8. The lowest BCUT2D eigenvalue weighted by Crippen LogP contribution is -2.68. The molecule has 1 aliphatic rings. The Morgan fingerprint density at radius 2 is 0.462 bits per heavy atom. The van der Waals surface area contributed by atoms with Gasteiger partial charge in [0.25, 0.3) is 0 Å². The highest BCUT2D eigenvalue weighted by atomic mass is 35.6. The Kier molecular flexibility index (Phi) is 8.92. The Bertz CT molecular complexity index is 521. The van der Waals surface area contributed by atoms with E-state index in [1.165, 1.54) is 0 Å². The second-order valence-electron chi connectivity index (χ2n) is 4.91. The van der Waals surface area contributed by atoms with Crippen LogP contribution in [-0.4, -0.2) is 34.7 Å². The van der Waals surface area contributed by atoms with Crippen molar-refractivity contribution >= 4 is 197 Å². The van der Waals surface area contributed by atoms with Crippen molar-refractivity contribution in [3.8, 4) is 0 Å². The molecule has 1 fully saturated rings. The first-order valence-corrected chi connectivity index (χ1v) is 11.9. The standard InChI is InChI=1S/C9Cl17/c10-1-2(11,12)4(15,16)6(19,20)8(23,24)9(25,26)7(21,22)5(17,18)3(1,13)14. The van der Waals surface area contributed by atoms with Crippen molar-refractivity contribution in [2.75, 3.05) is 0 Å². The summed E-state index contributed by atoms with van der Waals surface area (Å²) < 4.78 is -22.6. The summed E-state index contributed by atoms with van der Waals surface area (Å²) >= 11 is 105. The Morgan fingerprint density at radius 1 is 0.308 bits per heavy atom. The highest BCUT2D eigenvalue weighted by Gasteiger charge is 2.85. The first-order chi connectivity index (χ1) is 10.9. The van der Waals surface area contributed by atoms with Crippen molar-refractivity contribution in [1.29, 1.82) is 0 Å². The van der Waals surface area contributed by atoms with Gasteiger partial charge in [0.2, 0.25) is 0 Å². The van der Waals surface area contributed by atoms with Gasteiger partial charge in [0, 0.05) is 0 Å². The van der Waals surface area contributed by atoms with Gasteiger partial charge in [-0.2, -0.15) is 0 Å². The summed E-state index contributed by atoms with van der Waals surface area (Å²) in [6, 6.07) is 0. The highest BCUT2D eigenvalue weighted by Crippen LogP contribution is 2.77. The summed E-state index contributed by atoms with van der Waals surface area (Å²) in [7, 11) is 0. The predicted molar refractivity (Wildman–Crippen MR) is 125 cm³/mol. The maximum atomic E-state index is 6.20. The molecule has 0 atom stereocenters. The van der Waals surface area contributed by atoms with Gasteiger partial charge >= 0.3 is 0 Å². The molecule has 1 radical (unpaired) electrons. The maximum absolute atomic E-state index is 6.20. The molecule has 1 saturated carbocycles. The van der Waals surface area contributed by atoms with Crippen LogP contribution in [0.25, 0.3) is 0 Å². The van der Waals surface area contributed by atoms with Gasteiger partial charge in [-0.3, -0.25) is 0 Å². The lowest BCUT2D eigenvalue weighted by atomic mass is 10.1. The van der Waals surface area contributed by atoms with Crippen molar-refractivity contribution in [2.24, 2.45) is 0 Å². The zero-order valence-electron chi connectivity index (χ0n) is 10.9. The Balaban J connectivity index is 4.14. The van der Waals surface area contributed by atoms with Gasteiger partial charge in [0.05, 0.1) is 0 Å². The molecule has 0 aromatic carbocycles. The molecule has 0 bridgehead atoms. The lowest BCUT2D eigenvalue weighted by Gasteiger charge is -2.52. The second kappa shape index (κ2) is 8.01. The topological polar surface area (TPSA) is 0 Å². The van der Waals surface area contributed by atoms with E-state index in [0.717, 1.165) is 0 Å². The first-order valence-electron chi connectivity index (χ1n) is 5.46. The Morgan fingerprint density at radius 3 is 0.654 bits per heavy atom. The number of halogens is 17. The molecule has 0 unspecified atom stereocenters. The molecule has 1 rings (SSSR count). The highest BCUT2D eigenvalue weighted by molar-refractivity contribution is 6.82. The largest absolute Gasteiger partial charge is 0.189 e. The van der Waals surface area contributed by atoms with Gasteiger partial charge in [-0.15, -0.1) is 11.6 Å². The molecule has 0 aromatic rings. The van der Waals surface area contributed by atoms with E-state index < -0.39 is 40.0 Å². The number of hydrogen-bond donors (Lipinski definition) is 0. The number of alkyl halides is 16. The minimum Gasteiger partial charge on any atom is -0.110 e. The smallest absolute Gasteiger partial charge is 0.110 e. The lowest BCUT2D eigenvalue weighted by molar-refractivity contribution is 0.481. The van der Waals surface area contributed by atoms with Gasteiger partial charge in [-0.25, -0.2) is 0 Å². The summed E-state index contributed by atoms with van der Waals surface area (Å²) in [4.78, 5) is 0. The molecular weight excluding hydrogens is 711 g/mol. The summed E-state index contributed by atoms with van der Waals surface area (Å²) in [6.07, 6.45) is 0. The van der Waals surface area contributed by atoms with Crippen LogP contribution >= 0.6 is 197 Å². The summed E-state index contributed by atoms with van der Waals surface area (Å²) in [6.45, 7) is 0. The van der Waals surface area contributed by atoms with Gasteiger partial charge in [-0.05, 0) is 0 Å². The molecule has 0 spiro atoms. The van der Waals surface area contributed by atoms with E-state index in [-0.39, 0.29) is 0 Å². The summed E-state index contributed by atoms with van der Waals surface area (Å²) in [5.41, 5.74) is 0. The number of rotatable bonds is 0. The van der Waals surface area contributed by atoms with Crippen LogP contribution < -0.4 is 0 Å². The van der Waals surface area contributed by atoms with E-state index in [9.17, 15) is 0 Å². The van der Waals surface area contributed by atoms with Crippen LogP contribution in [0.3, 0.4) is 0 Å². The van der Waals surface area contributed by atoms with Crippen LogP contribution in [0, 0.1) is 5.38 Å². The van der Waals surface area contributed by atoms with Crippen LogP contribution in [-0.2, 0) is 0 Å². The van der Waals surface area contributed by atoms with E-state index >= 15 is 0 Å². The maximum Gasteiger partial charge on any atom is 0.189 e. The monoisotopic (exact) mass is 702 g/mol. The van der Waals surface area contributed by atoms with Gasteiger partial charge in [-0.1, -0.05) is 186 Å². The first kappa shape index (κ1) is 29.0. The van der Waals surface area contributed by atoms with Crippen LogP contribution in [0.2, 0.25) is 0 Å². The molecular formula is C9Cl17. The van der Waals surface area contributed by atoms with Gasteiger partial charge in [0.1, 0.15) is 5.38 Å². The van der Waals surface area contributed by atoms with E-state index in [1.807, 2.05) is 0 Å². The average molecular weight is 711 g/mol. The van der Waals surface area contributed by atoms with Crippen molar-refractivity contribution in [2.45, 2.75) is 34.7 Å². The molecule has 26 heavy (non-hydrogen) atoms. The molecule has 1 aliphatic carbocycles. The molecule has 0 heterocycles. The summed E-state index contributed by atoms with van der Waals surface area (Å²) in [5, 5.41) is -0.918. The van der Waals surface area contributed by atoms with E-state index in [1.54, 1.807) is 0 Å². The third-order valence-corrected chi connectivity index (χ3v) is 15.7. The van der Waals surface area contributed by atoms with Crippen LogP contribution in [0.5, 0.6) is 0 Å². The SMILES string of the molecule is Cl[C]1C(Cl)(Cl)C(Cl)(Cl)C(Cl)(Cl)C(Cl)(Cl)C(Cl)(Cl)C(Cl)(Cl)C(Cl)(Cl)C1(Cl)Cl. The van der Waals surface area contributed by atoms with Crippen molar-refractivity contribution in [1.82, 2.24) is 0 Å². The molecule has 155 valence electrons. The van der Waals surface area contributed by atoms with E-state index in [0.29, 0.717) is 0 Å². The minimum atomic E-state index is -2.88. The van der Waals surface area contributed by atoms with Crippen LogP contribution in [0.15, 0.2) is 0 Å². The molecule has 0 saturated heterocycles. The quantitative estimate of drug-likeness (QED) is 0.220. The molecule has 0 aromatic heterocycles. The predicted octanol–water partition coefficient (Wildman–Crippen LogP) is 10.2. The van der Waals surface area contributed by atoms with Crippen LogP contribution in [0.4, 0.5) is 0 Å². The third-order valence-electron chi connectivity index (χ3n) is 3.31. The zero-order chi connectivity index (χ0) is 21.6. The van der Waals surface area contributed by atoms with E-state index in [2.05, 4.69) is 0 Å². The molecule has 0 N–H and O–H groups in total. The van der Waals surface area contributed by atoms with Crippen molar-refractivity contribution < 1.29 is 0 Å². The molecule has 17 heteroatoms. The minimum absolute atomic E-state index is 0.918. The summed E-state index contributed by atoms with van der Waals surface area (Å²) in [5.74, 6) is 0. The fourth-order valence-electron chi connectivity index (χ4n) is 1.66. The fraction of sp³-hybridized carbons (Fsp3) is 0.889. The van der Waals surface area contributed by atoms with Crippen molar-refractivity contribution in [3.05, 3.63) is 5.38 Å². The molecule has 0 aliphatic heterocycles. The molecule has 0 nitrogen and oxygen atoms in total. The number of hydrogen-bond acceptors (Lipinski definition) is 0. The normalized spacial score (nSPS) is 33.6.